The molecule has 0 aromatic rings. The maximum absolute atomic E-state index is 10.5. The zero-order chi connectivity index (χ0) is 7.28. The van der Waals surface area contributed by atoms with Crippen molar-refractivity contribution in [2.45, 2.75) is 13.8 Å². The molecule has 0 aliphatic rings. The Balaban J connectivity index is 3.38. The Morgan fingerprint density at radius 3 is 2.56 bits per heavy atom. The van der Waals surface area contributed by atoms with Crippen LogP contribution in [0.2, 0.25) is 0 Å². The van der Waals surface area contributed by atoms with Crippen LogP contribution in [0.4, 0.5) is 0 Å². The van der Waals surface area contributed by atoms with Crippen molar-refractivity contribution in [3.63, 3.8) is 0 Å². The van der Waals surface area contributed by atoms with Crippen molar-refractivity contribution in [2.75, 3.05) is 6.61 Å². The molecule has 3 heteroatoms. The zero-order valence-corrected chi connectivity index (χ0v) is 5.59. The first-order chi connectivity index (χ1) is 4.18. The number of hydrogen-bond donors (Lipinski definition) is 0. The number of carbonyl (C=O) groups excluding carboxylic acids is 2. The standard InChI is InChI=1S/C6H10O3/c1-5(2)6(8)9-4-3-7/h3,5H,4H2,1-2H3. The van der Waals surface area contributed by atoms with Crippen LogP contribution in [0.3, 0.4) is 0 Å². The SMILES string of the molecule is CC(C)C(=O)OCC=O. The summed E-state index contributed by atoms with van der Waals surface area (Å²) in [6, 6.07) is 0. The second-order valence-corrected chi connectivity index (χ2v) is 1.95. The minimum atomic E-state index is -0.331. The lowest BCUT2D eigenvalue weighted by atomic mass is 10.2. The van der Waals surface area contributed by atoms with Gasteiger partial charge in [-0.05, 0) is 0 Å². The van der Waals surface area contributed by atoms with Crippen LogP contribution in [0, 0.1) is 5.92 Å². The average molecular weight is 130 g/mol. The minimum absolute atomic E-state index is 0.128. The number of aldehydes is 1. The molecule has 0 aliphatic heterocycles. The van der Waals surface area contributed by atoms with Crippen molar-refractivity contribution in [2.24, 2.45) is 5.92 Å². The van der Waals surface area contributed by atoms with Gasteiger partial charge in [0.15, 0.2) is 6.29 Å². The zero-order valence-electron chi connectivity index (χ0n) is 5.59. The summed E-state index contributed by atoms with van der Waals surface area (Å²) in [6.45, 7) is 3.30. The van der Waals surface area contributed by atoms with Crippen LogP contribution in [-0.4, -0.2) is 18.9 Å². The molecule has 0 saturated carbocycles. The molecule has 0 N–H and O–H groups in total. The lowest BCUT2D eigenvalue weighted by Gasteiger charge is -2.01. The molecule has 0 bridgehead atoms. The third-order valence-corrected chi connectivity index (χ3v) is 0.765. The third kappa shape index (κ3) is 3.70. The van der Waals surface area contributed by atoms with Gasteiger partial charge in [0.25, 0.3) is 0 Å². The van der Waals surface area contributed by atoms with Gasteiger partial charge in [0.2, 0.25) is 0 Å². The smallest absolute Gasteiger partial charge is 0.308 e. The van der Waals surface area contributed by atoms with Crippen LogP contribution in [-0.2, 0) is 14.3 Å². The highest BCUT2D eigenvalue weighted by molar-refractivity contribution is 5.73. The summed E-state index contributed by atoms with van der Waals surface area (Å²) < 4.78 is 4.45. The van der Waals surface area contributed by atoms with Gasteiger partial charge in [-0.25, -0.2) is 0 Å². The quantitative estimate of drug-likeness (QED) is 0.410. The molecule has 0 aliphatic carbocycles. The number of rotatable bonds is 3. The van der Waals surface area contributed by atoms with Gasteiger partial charge in [-0.1, -0.05) is 13.8 Å². The molecular formula is C6H10O3. The van der Waals surface area contributed by atoms with Crippen LogP contribution in [0.5, 0.6) is 0 Å². The average Bonchev–Trinajstić information content (AvgIpc) is 1.82. The van der Waals surface area contributed by atoms with E-state index in [4.69, 9.17) is 0 Å². The predicted octanol–water partition coefficient (Wildman–Crippen LogP) is 0.385. The first-order valence-electron chi connectivity index (χ1n) is 2.78. The molecule has 0 atom stereocenters. The fourth-order valence-electron chi connectivity index (χ4n) is 0.283. The first kappa shape index (κ1) is 8.14. The van der Waals surface area contributed by atoms with E-state index in [0.29, 0.717) is 6.29 Å². The Morgan fingerprint density at radius 2 is 2.22 bits per heavy atom. The van der Waals surface area contributed by atoms with Gasteiger partial charge in [0, 0.05) is 0 Å². The lowest BCUT2D eigenvalue weighted by Crippen LogP contribution is -2.12. The molecule has 0 fully saturated rings. The summed E-state index contributed by atoms with van der Waals surface area (Å²) in [5.41, 5.74) is 0. The third-order valence-electron chi connectivity index (χ3n) is 0.765. The van der Waals surface area contributed by atoms with E-state index in [0.717, 1.165) is 0 Å². The van der Waals surface area contributed by atoms with E-state index in [1.807, 2.05) is 0 Å². The predicted molar refractivity (Wildman–Crippen MR) is 31.9 cm³/mol. The first-order valence-corrected chi connectivity index (χ1v) is 2.78. The summed E-state index contributed by atoms with van der Waals surface area (Å²) in [5.74, 6) is -0.480. The molecule has 0 aromatic carbocycles. The molecule has 0 saturated heterocycles. The fourth-order valence-corrected chi connectivity index (χ4v) is 0.283. The van der Waals surface area contributed by atoms with Crippen LogP contribution >= 0.6 is 0 Å². The largest absolute Gasteiger partial charge is 0.458 e. The number of ether oxygens (including phenoxy) is 1. The van der Waals surface area contributed by atoms with Crippen molar-refractivity contribution < 1.29 is 14.3 Å². The van der Waals surface area contributed by atoms with E-state index in [1.54, 1.807) is 13.8 Å². The van der Waals surface area contributed by atoms with Crippen LogP contribution in [0.25, 0.3) is 0 Å². The Hall–Kier alpha value is -0.860. The van der Waals surface area contributed by atoms with Gasteiger partial charge in [-0.3, -0.25) is 9.59 Å². The summed E-state index contributed by atoms with van der Waals surface area (Å²) in [7, 11) is 0. The molecule has 0 rings (SSSR count). The molecule has 0 heterocycles. The van der Waals surface area contributed by atoms with Gasteiger partial charge in [-0.15, -0.1) is 0 Å². The van der Waals surface area contributed by atoms with Gasteiger partial charge >= 0.3 is 5.97 Å². The van der Waals surface area contributed by atoms with Gasteiger partial charge in [0.05, 0.1) is 5.92 Å². The highest BCUT2D eigenvalue weighted by Crippen LogP contribution is 1.93. The molecule has 0 amide bonds. The van der Waals surface area contributed by atoms with Crippen molar-refractivity contribution >= 4 is 12.3 Å². The van der Waals surface area contributed by atoms with E-state index in [9.17, 15) is 9.59 Å². The molecule has 0 spiro atoms. The summed E-state index contributed by atoms with van der Waals surface area (Å²) >= 11 is 0. The molecular weight excluding hydrogens is 120 g/mol. The van der Waals surface area contributed by atoms with E-state index in [1.165, 1.54) is 0 Å². The molecule has 0 radical (unpaired) electrons. The van der Waals surface area contributed by atoms with Crippen LogP contribution in [0.1, 0.15) is 13.8 Å². The second kappa shape index (κ2) is 4.06. The molecule has 0 aromatic heterocycles. The number of esters is 1. The van der Waals surface area contributed by atoms with Crippen LogP contribution < -0.4 is 0 Å². The van der Waals surface area contributed by atoms with Gasteiger partial charge < -0.3 is 4.74 Å². The van der Waals surface area contributed by atoms with Gasteiger partial charge in [-0.2, -0.15) is 0 Å². The number of hydrogen-bond acceptors (Lipinski definition) is 3. The molecule has 3 nitrogen and oxygen atoms in total. The highest BCUT2D eigenvalue weighted by atomic mass is 16.5. The summed E-state index contributed by atoms with van der Waals surface area (Å²) in [4.78, 5) is 20.2. The number of carbonyl (C=O) groups is 2. The maximum Gasteiger partial charge on any atom is 0.308 e. The van der Waals surface area contributed by atoms with Crippen molar-refractivity contribution in [3.05, 3.63) is 0 Å². The normalized spacial score (nSPS) is 9.22. The maximum atomic E-state index is 10.5. The Morgan fingerprint density at radius 1 is 1.67 bits per heavy atom. The minimum Gasteiger partial charge on any atom is -0.458 e. The van der Waals surface area contributed by atoms with Crippen molar-refractivity contribution in [1.82, 2.24) is 0 Å². The van der Waals surface area contributed by atoms with E-state index in [2.05, 4.69) is 4.74 Å². The van der Waals surface area contributed by atoms with E-state index >= 15 is 0 Å². The van der Waals surface area contributed by atoms with Crippen molar-refractivity contribution in [3.8, 4) is 0 Å². The van der Waals surface area contributed by atoms with E-state index < -0.39 is 0 Å². The second-order valence-electron chi connectivity index (χ2n) is 1.95. The molecule has 52 valence electrons. The Bertz CT molecular complexity index is 107. The molecule has 9 heavy (non-hydrogen) atoms. The lowest BCUT2D eigenvalue weighted by molar-refractivity contribution is -0.148. The topological polar surface area (TPSA) is 43.4 Å². The van der Waals surface area contributed by atoms with Gasteiger partial charge in [0.1, 0.15) is 6.61 Å². The Labute approximate surface area is 54.0 Å². The van der Waals surface area contributed by atoms with E-state index in [-0.39, 0.29) is 18.5 Å². The van der Waals surface area contributed by atoms with Crippen molar-refractivity contribution in [1.29, 1.82) is 0 Å². The summed E-state index contributed by atoms with van der Waals surface area (Å²) in [6.07, 6.45) is 0.556. The van der Waals surface area contributed by atoms with Crippen LogP contribution in [0.15, 0.2) is 0 Å². The highest BCUT2D eigenvalue weighted by Gasteiger charge is 2.06. The fraction of sp³-hybridized carbons (Fsp3) is 0.667. The summed E-state index contributed by atoms with van der Waals surface area (Å²) in [5, 5.41) is 0. The Kier molecular flexibility index (Phi) is 3.67. The molecule has 0 unspecified atom stereocenters. The monoisotopic (exact) mass is 130 g/mol.